The first-order valence-electron chi connectivity index (χ1n) is 7.58. The van der Waals surface area contributed by atoms with Crippen LogP contribution in [0.1, 0.15) is 26.2 Å². The minimum atomic E-state index is -3.69. The predicted octanol–water partition coefficient (Wildman–Crippen LogP) is 0.491. The Balaban J connectivity index is 1.93. The quantitative estimate of drug-likeness (QED) is 0.791. The lowest BCUT2D eigenvalue weighted by Gasteiger charge is -2.42. The third-order valence-electron chi connectivity index (χ3n) is 4.65. The molecule has 1 aliphatic carbocycles. The van der Waals surface area contributed by atoms with Gasteiger partial charge in [-0.1, -0.05) is 6.42 Å². The van der Waals surface area contributed by atoms with Crippen LogP contribution in [0.2, 0.25) is 0 Å². The molecule has 0 aromatic carbocycles. The molecule has 2 fully saturated rings. The molecular weight excluding hydrogens is 326 g/mol. The largest absolute Gasteiger partial charge is 0.272 e. The maximum Gasteiger partial charge on any atom is 0.246 e. The summed E-state index contributed by atoms with van der Waals surface area (Å²) in [5.74, 6) is 0.00183. The van der Waals surface area contributed by atoms with Gasteiger partial charge in [-0.25, -0.2) is 16.8 Å². The van der Waals surface area contributed by atoms with Crippen LogP contribution in [-0.4, -0.2) is 55.0 Å². The molecule has 0 unspecified atom stereocenters. The number of sulfonamides is 1. The summed E-state index contributed by atoms with van der Waals surface area (Å²) < 4.78 is 52.5. The highest BCUT2D eigenvalue weighted by molar-refractivity contribution is 7.92. The predicted molar refractivity (Wildman–Crippen MR) is 81.6 cm³/mol. The topological polar surface area (TPSA) is 89.3 Å². The van der Waals surface area contributed by atoms with Gasteiger partial charge in [0.1, 0.15) is 4.90 Å². The van der Waals surface area contributed by atoms with Gasteiger partial charge in [0.15, 0.2) is 9.84 Å². The van der Waals surface area contributed by atoms with Crippen LogP contribution in [0.3, 0.4) is 0 Å². The molecule has 1 aliphatic heterocycles. The third kappa shape index (κ3) is 2.81. The molecule has 1 atom stereocenters. The van der Waals surface area contributed by atoms with Gasteiger partial charge in [-0.3, -0.25) is 4.68 Å². The Bertz CT molecular complexity index is 750. The summed E-state index contributed by atoms with van der Waals surface area (Å²) in [7, 11) is -6.84. The van der Waals surface area contributed by atoms with Gasteiger partial charge in [0, 0.05) is 25.3 Å². The van der Waals surface area contributed by atoms with E-state index in [4.69, 9.17) is 0 Å². The molecule has 7 nitrogen and oxygen atoms in total. The summed E-state index contributed by atoms with van der Waals surface area (Å²) in [5.41, 5.74) is 0. The van der Waals surface area contributed by atoms with Crippen LogP contribution in [0.5, 0.6) is 0 Å². The Morgan fingerprint density at radius 3 is 2.64 bits per heavy atom. The first-order valence-corrected chi connectivity index (χ1v) is 10.8. The molecule has 0 spiro atoms. The molecule has 1 saturated carbocycles. The van der Waals surface area contributed by atoms with Crippen LogP contribution < -0.4 is 0 Å². The number of hydrogen-bond donors (Lipinski definition) is 0. The summed E-state index contributed by atoms with van der Waals surface area (Å²) >= 11 is 0. The van der Waals surface area contributed by atoms with E-state index in [2.05, 4.69) is 5.10 Å². The van der Waals surface area contributed by atoms with Crippen molar-refractivity contribution in [2.24, 2.45) is 5.92 Å². The number of sulfone groups is 1. The number of aryl methyl sites for hydroxylation is 1. The molecule has 0 N–H and O–H groups in total. The minimum absolute atomic E-state index is 0.0448. The smallest absolute Gasteiger partial charge is 0.246 e. The van der Waals surface area contributed by atoms with E-state index in [1.807, 2.05) is 6.92 Å². The van der Waals surface area contributed by atoms with Crippen molar-refractivity contribution in [3.05, 3.63) is 12.4 Å². The van der Waals surface area contributed by atoms with Crippen molar-refractivity contribution in [1.82, 2.24) is 14.1 Å². The van der Waals surface area contributed by atoms with E-state index < -0.39 is 25.9 Å². The van der Waals surface area contributed by atoms with Crippen LogP contribution in [0.4, 0.5) is 0 Å². The Labute approximate surface area is 131 Å². The number of aromatic nitrogens is 2. The summed E-state index contributed by atoms with van der Waals surface area (Å²) in [4.78, 5) is 0.151. The zero-order valence-electron chi connectivity index (χ0n) is 12.6. The van der Waals surface area contributed by atoms with Gasteiger partial charge in [0.05, 0.1) is 17.7 Å². The fourth-order valence-electron chi connectivity index (χ4n) is 3.10. The Morgan fingerprint density at radius 2 is 2.09 bits per heavy atom. The highest BCUT2D eigenvalue weighted by Gasteiger charge is 2.44. The molecule has 0 bridgehead atoms. The Hall–Kier alpha value is -0.930. The molecule has 2 heterocycles. The molecule has 3 rings (SSSR count). The van der Waals surface area contributed by atoms with Crippen LogP contribution in [-0.2, 0) is 26.4 Å². The third-order valence-corrected chi connectivity index (χ3v) is 8.18. The standard InChI is InChI=1S/C13H21N3O4S2/c1-2-15-9-12(8-14-15)22(19,20)16-6-7-21(17,18)10-13(16)11-4-3-5-11/h8-9,11,13H,2-7,10H2,1H3/t13-/m0/s1. The van der Waals surface area contributed by atoms with Crippen molar-refractivity contribution in [2.75, 3.05) is 18.1 Å². The second kappa shape index (κ2) is 5.61. The van der Waals surface area contributed by atoms with E-state index in [1.54, 1.807) is 4.68 Å². The Morgan fingerprint density at radius 1 is 1.36 bits per heavy atom. The van der Waals surface area contributed by atoms with Crippen molar-refractivity contribution >= 4 is 19.9 Å². The van der Waals surface area contributed by atoms with E-state index in [1.165, 1.54) is 16.7 Å². The fraction of sp³-hybridized carbons (Fsp3) is 0.769. The van der Waals surface area contributed by atoms with Crippen molar-refractivity contribution in [1.29, 1.82) is 0 Å². The highest BCUT2D eigenvalue weighted by Crippen LogP contribution is 2.36. The highest BCUT2D eigenvalue weighted by atomic mass is 32.2. The average Bonchev–Trinajstić information content (AvgIpc) is 2.84. The van der Waals surface area contributed by atoms with Crippen molar-refractivity contribution in [3.63, 3.8) is 0 Å². The van der Waals surface area contributed by atoms with E-state index in [9.17, 15) is 16.8 Å². The minimum Gasteiger partial charge on any atom is -0.272 e. The second-order valence-corrected chi connectivity index (χ2v) is 10.1. The van der Waals surface area contributed by atoms with Crippen LogP contribution in [0, 0.1) is 5.92 Å². The SMILES string of the molecule is CCn1cc(S(=O)(=O)N2CCS(=O)(=O)C[C@H]2C2CCC2)cn1. The molecule has 1 aromatic rings. The maximum atomic E-state index is 12.9. The second-order valence-electron chi connectivity index (χ2n) is 6.02. The molecule has 0 amide bonds. The molecule has 9 heteroatoms. The lowest BCUT2D eigenvalue weighted by atomic mass is 9.80. The molecule has 1 aromatic heterocycles. The van der Waals surface area contributed by atoms with Gasteiger partial charge in [0.2, 0.25) is 10.0 Å². The van der Waals surface area contributed by atoms with Gasteiger partial charge in [-0.2, -0.15) is 9.40 Å². The van der Waals surface area contributed by atoms with Crippen LogP contribution >= 0.6 is 0 Å². The summed E-state index contributed by atoms with van der Waals surface area (Å²) in [6, 6.07) is -0.428. The summed E-state index contributed by atoms with van der Waals surface area (Å²) in [6.45, 7) is 2.52. The monoisotopic (exact) mass is 347 g/mol. The molecule has 0 radical (unpaired) electrons. The summed E-state index contributed by atoms with van der Waals surface area (Å²) in [6.07, 6.45) is 5.71. The van der Waals surface area contributed by atoms with Gasteiger partial charge < -0.3 is 0 Å². The van der Waals surface area contributed by atoms with Crippen molar-refractivity contribution < 1.29 is 16.8 Å². The fourth-order valence-corrected chi connectivity index (χ4v) is 6.57. The lowest BCUT2D eigenvalue weighted by Crippen LogP contribution is -2.55. The molecule has 22 heavy (non-hydrogen) atoms. The van der Waals surface area contributed by atoms with Crippen LogP contribution in [0.15, 0.2) is 17.3 Å². The van der Waals surface area contributed by atoms with Gasteiger partial charge in [-0.05, 0) is 25.7 Å². The zero-order valence-corrected chi connectivity index (χ0v) is 14.2. The normalized spacial score (nSPS) is 26.7. The first kappa shape index (κ1) is 15.9. The van der Waals surface area contributed by atoms with Gasteiger partial charge in [-0.15, -0.1) is 0 Å². The van der Waals surface area contributed by atoms with E-state index >= 15 is 0 Å². The first-order chi connectivity index (χ1) is 10.3. The maximum absolute atomic E-state index is 12.9. The Kier molecular flexibility index (Phi) is 4.07. The van der Waals surface area contributed by atoms with E-state index in [0.717, 1.165) is 19.3 Å². The van der Waals surface area contributed by atoms with E-state index in [0.29, 0.717) is 6.54 Å². The number of nitrogens with zero attached hydrogens (tertiary/aromatic N) is 3. The zero-order chi connectivity index (χ0) is 16.0. The summed E-state index contributed by atoms with van der Waals surface area (Å²) in [5, 5.41) is 4.02. The lowest BCUT2D eigenvalue weighted by molar-refractivity contribution is 0.175. The van der Waals surface area contributed by atoms with Crippen molar-refractivity contribution in [2.45, 2.75) is 43.7 Å². The number of rotatable bonds is 4. The molecular formula is C13H21N3O4S2. The number of hydrogen-bond acceptors (Lipinski definition) is 5. The van der Waals surface area contributed by atoms with Crippen molar-refractivity contribution in [3.8, 4) is 0 Å². The van der Waals surface area contributed by atoms with Crippen LogP contribution in [0.25, 0.3) is 0 Å². The molecule has 2 aliphatic rings. The molecule has 1 saturated heterocycles. The van der Waals surface area contributed by atoms with Gasteiger partial charge >= 0.3 is 0 Å². The molecule has 124 valence electrons. The van der Waals surface area contributed by atoms with E-state index in [-0.39, 0.29) is 28.9 Å². The van der Waals surface area contributed by atoms with Gasteiger partial charge in [0.25, 0.3) is 0 Å². The average molecular weight is 347 g/mol.